The standard InChI is InChI=1S/C13H20N4/c1-10-6-15-12(7-14-10)8-16-11-4-5-17(9-11)13-2-3-13/h6-7,11,13,16H,2-5,8-9H2,1H3. The van der Waals surface area contributed by atoms with Gasteiger partial charge in [0.1, 0.15) is 0 Å². The monoisotopic (exact) mass is 232 g/mol. The van der Waals surface area contributed by atoms with Gasteiger partial charge in [0.15, 0.2) is 0 Å². The third-order valence-electron chi connectivity index (χ3n) is 3.69. The molecule has 2 heterocycles. The van der Waals surface area contributed by atoms with E-state index in [1.54, 1.807) is 0 Å². The number of aromatic nitrogens is 2. The number of rotatable bonds is 4. The van der Waals surface area contributed by atoms with E-state index in [0.29, 0.717) is 6.04 Å². The zero-order chi connectivity index (χ0) is 11.7. The Morgan fingerprint density at radius 3 is 2.88 bits per heavy atom. The molecule has 1 saturated heterocycles. The molecule has 1 aliphatic heterocycles. The average Bonchev–Trinajstić information content (AvgIpc) is 3.09. The predicted octanol–water partition coefficient (Wildman–Crippen LogP) is 1.11. The second kappa shape index (κ2) is 4.70. The van der Waals surface area contributed by atoms with Crippen molar-refractivity contribution in [2.75, 3.05) is 13.1 Å². The maximum atomic E-state index is 4.37. The number of hydrogen-bond acceptors (Lipinski definition) is 4. The number of aryl methyl sites for hydroxylation is 1. The van der Waals surface area contributed by atoms with Crippen molar-refractivity contribution in [1.82, 2.24) is 20.2 Å². The van der Waals surface area contributed by atoms with E-state index in [9.17, 15) is 0 Å². The van der Waals surface area contributed by atoms with Crippen LogP contribution in [-0.4, -0.2) is 40.0 Å². The van der Waals surface area contributed by atoms with E-state index in [4.69, 9.17) is 0 Å². The van der Waals surface area contributed by atoms with Crippen molar-refractivity contribution in [3.63, 3.8) is 0 Å². The van der Waals surface area contributed by atoms with Gasteiger partial charge in [0.25, 0.3) is 0 Å². The van der Waals surface area contributed by atoms with Crippen LogP contribution in [0.4, 0.5) is 0 Å². The first-order valence-corrected chi connectivity index (χ1v) is 6.56. The second-order valence-corrected chi connectivity index (χ2v) is 5.24. The molecule has 4 nitrogen and oxygen atoms in total. The summed E-state index contributed by atoms with van der Waals surface area (Å²) >= 11 is 0. The Morgan fingerprint density at radius 2 is 2.18 bits per heavy atom. The van der Waals surface area contributed by atoms with Gasteiger partial charge in [-0.1, -0.05) is 0 Å². The van der Waals surface area contributed by atoms with E-state index in [1.165, 1.54) is 32.4 Å². The normalized spacial score (nSPS) is 25.4. The highest BCUT2D eigenvalue weighted by Crippen LogP contribution is 2.29. The van der Waals surface area contributed by atoms with Crippen LogP contribution < -0.4 is 5.32 Å². The van der Waals surface area contributed by atoms with Gasteiger partial charge in [0.05, 0.1) is 11.4 Å². The van der Waals surface area contributed by atoms with Crippen molar-refractivity contribution in [3.05, 3.63) is 23.8 Å². The molecule has 1 aromatic heterocycles. The zero-order valence-electron chi connectivity index (χ0n) is 10.4. The Kier molecular flexibility index (Phi) is 3.07. The Labute approximate surface area is 102 Å². The van der Waals surface area contributed by atoms with E-state index >= 15 is 0 Å². The fraction of sp³-hybridized carbons (Fsp3) is 0.692. The summed E-state index contributed by atoms with van der Waals surface area (Å²) < 4.78 is 0. The quantitative estimate of drug-likeness (QED) is 0.844. The minimum atomic E-state index is 0.638. The van der Waals surface area contributed by atoms with E-state index in [1.807, 2.05) is 19.3 Å². The Morgan fingerprint density at radius 1 is 1.29 bits per heavy atom. The highest BCUT2D eigenvalue weighted by molar-refractivity contribution is 5.01. The predicted molar refractivity (Wildman–Crippen MR) is 66.6 cm³/mol. The topological polar surface area (TPSA) is 41.1 Å². The van der Waals surface area contributed by atoms with E-state index in [2.05, 4.69) is 20.2 Å². The summed E-state index contributed by atoms with van der Waals surface area (Å²) in [4.78, 5) is 11.3. The molecule has 1 saturated carbocycles. The van der Waals surface area contributed by atoms with Crippen LogP contribution in [-0.2, 0) is 6.54 Å². The lowest BCUT2D eigenvalue weighted by molar-refractivity contribution is 0.317. The molecule has 1 aromatic rings. The van der Waals surface area contributed by atoms with Gasteiger partial charge in [-0.3, -0.25) is 14.9 Å². The molecule has 1 aliphatic carbocycles. The summed E-state index contributed by atoms with van der Waals surface area (Å²) in [5, 5.41) is 3.59. The number of hydrogen-bond donors (Lipinski definition) is 1. The largest absolute Gasteiger partial charge is 0.307 e. The number of likely N-dealkylation sites (tertiary alicyclic amines) is 1. The van der Waals surface area contributed by atoms with Gasteiger partial charge in [-0.25, -0.2) is 0 Å². The number of nitrogens with zero attached hydrogens (tertiary/aromatic N) is 3. The van der Waals surface area contributed by atoms with Gasteiger partial charge >= 0.3 is 0 Å². The van der Waals surface area contributed by atoms with Crippen molar-refractivity contribution >= 4 is 0 Å². The lowest BCUT2D eigenvalue weighted by Crippen LogP contribution is -2.33. The van der Waals surface area contributed by atoms with Crippen molar-refractivity contribution in [2.24, 2.45) is 0 Å². The molecule has 2 aliphatic rings. The molecule has 0 radical (unpaired) electrons. The van der Waals surface area contributed by atoms with Crippen molar-refractivity contribution < 1.29 is 0 Å². The first kappa shape index (κ1) is 11.1. The molecule has 3 rings (SSSR count). The summed E-state index contributed by atoms with van der Waals surface area (Å²) in [6.45, 7) is 5.29. The molecular weight excluding hydrogens is 212 g/mol. The van der Waals surface area contributed by atoms with Gasteiger partial charge < -0.3 is 5.32 Å². The molecule has 17 heavy (non-hydrogen) atoms. The Hall–Kier alpha value is -1.00. The molecule has 4 heteroatoms. The van der Waals surface area contributed by atoms with Crippen LogP contribution in [0.5, 0.6) is 0 Å². The van der Waals surface area contributed by atoms with Crippen molar-refractivity contribution in [2.45, 2.75) is 44.8 Å². The van der Waals surface area contributed by atoms with Crippen molar-refractivity contribution in [1.29, 1.82) is 0 Å². The minimum Gasteiger partial charge on any atom is -0.307 e. The molecule has 1 atom stereocenters. The molecule has 1 unspecified atom stereocenters. The van der Waals surface area contributed by atoms with E-state index in [-0.39, 0.29) is 0 Å². The van der Waals surface area contributed by atoms with Gasteiger partial charge in [0.2, 0.25) is 0 Å². The van der Waals surface area contributed by atoms with Gasteiger partial charge in [-0.05, 0) is 26.2 Å². The van der Waals surface area contributed by atoms with Gasteiger partial charge in [-0.15, -0.1) is 0 Å². The summed E-state index contributed by atoms with van der Waals surface area (Å²) in [7, 11) is 0. The van der Waals surface area contributed by atoms with Gasteiger partial charge in [-0.2, -0.15) is 0 Å². The van der Waals surface area contributed by atoms with Crippen LogP contribution in [0.1, 0.15) is 30.7 Å². The fourth-order valence-electron chi connectivity index (χ4n) is 2.48. The third kappa shape index (κ3) is 2.82. The van der Waals surface area contributed by atoms with Crippen LogP contribution in [0, 0.1) is 6.92 Å². The lowest BCUT2D eigenvalue weighted by atomic mass is 10.2. The number of nitrogens with one attached hydrogen (secondary N) is 1. The summed E-state index contributed by atoms with van der Waals surface area (Å²) in [5.74, 6) is 0. The van der Waals surface area contributed by atoms with E-state index in [0.717, 1.165) is 24.0 Å². The fourth-order valence-corrected chi connectivity index (χ4v) is 2.48. The molecule has 0 bridgehead atoms. The summed E-state index contributed by atoms with van der Waals surface area (Å²) in [6.07, 6.45) is 7.81. The maximum Gasteiger partial charge on any atom is 0.0724 e. The van der Waals surface area contributed by atoms with Crippen LogP contribution in [0.3, 0.4) is 0 Å². The smallest absolute Gasteiger partial charge is 0.0724 e. The Balaban J connectivity index is 1.46. The first-order chi connectivity index (χ1) is 8.31. The summed E-state index contributed by atoms with van der Waals surface area (Å²) in [6, 6.07) is 1.54. The average molecular weight is 232 g/mol. The van der Waals surface area contributed by atoms with Crippen LogP contribution in [0.2, 0.25) is 0 Å². The molecular formula is C13H20N4. The molecule has 92 valence electrons. The highest BCUT2D eigenvalue weighted by Gasteiger charge is 2.33. The van der Waals surface area contributed by atoms with Crippen LogP contribution in [0.15, 0.2) is 12.4 Å². The minimum absolute atomic E-state index is 0.638. The summed E-state index contributed by atoms with van der Waals surface area (Å²) in [5.41, 5.74) is 2.02. The Bertz CT molecular complexity index is 372. The molecule has 1 N–H and O–H groups in total. The molecule has 0 aromatic carbocycles. The molecule has 0 amide bonds. The van der Waals surface area contributed by atoms with Crippen molar-refractivity contribution in [3.8, 4) is 0 Å². The zero-order valence-corrected chi connectivity index (χ0v) is 10.4. The second-order valence-electron chi connectivity index (χ2n) is 5.24. The molecule has 2 fully saturated rings. The van der Waals surface area contributed by atoms with E-state index < -0.39 is 0 Å². The van der Waals surface area contributed by atoms with Crippen LogP contribution in [0.25, 0.3) is 0 Å². The lowest BCUT2D eigenvalue weighted by Gasteiger charge is -2.15. The third-order valence-corrected chi connectivity index (χ3v) is 3.69. The molecule has 0 spiro atoms. The highest BCUT2D eigenvalue weighted by atomic mass is 15.2. The van der Waals surface area contributed by atoms with Gasteiger partial charge in [0, 0.05) is 44.1 Å². The van der Waals surface area contributed by atoms with Crippen LogP contribution >= 0.6 is 0 Å². The first-order valence-electron chi connectivity index (χ1n) is 6.56. The SMILES string of the molecule is Cc1cnc(CNC2CCN(C3CC3)C2)cn1. The maximum absolute atomic E-state index is 4.37.